The zero-order valence-corrected chi connectivity index (χ0v) is 16.0. The second kappa shape index (κ2) is 6.51. The summed E-state index contributed by atoms with van der Waals surface area (Å²) in [6, 6.07) is 11.1. The summed E-state index contributed by atoms with van der Waals surface area (Å²) in [5, 5.41) is 11.2. The molecule has 0 aliphatic carbocycles. The number of halogens is 1. The predicted octanol–water partition coefficient (Wildman–Crippen LogP) is 4.08. The van der Waals surface area contributed by atoms with E-state index in [0.717, 1.165) is 20.3 Å². The number of hydrogen-bond donors (Lipinski definition) is 2. The summed E-state index contributed by atoms with van der Waals surface area (Å²) in [5.74, 6) is -0.112. The summed E-state index contributed by atoms with van der Waals surface area (Å²) < 4.78 is 0.925. The van der Waals surface area contributed by atoms with Gasteiger partial charge in [-0.1, -0.05) is 26.8 Å². The van der Waals surface area contributed by atoms with Crippen molar-refractivity contribution in [1.29, 1.82) is 0 Å². The molecule has 124 valence electrons. The molecule has 0 aliphatic heterocycles. The topological polar surface area (TPSA) is 70.7 Å². The van der Waals surface area contributed by atoms with Crippen LogP contribution in [0, 0.1) is 9.12 Å². The van der Waals surface area contributed by atoms with E-state index in [1.54, 1.807) is 12.3 Å². The van der Waals surface area contributed by atoms with Crippen molar-refractivity contribution in [3.8, 4) is 0 Å². The number of aromatic amines is 1. The molecule has 2 heterocycles. The Labute approximate surface area is 154 Å². The lowest BCUT2D eigenvalue weighted by atomic mass is 9.84. The lowest BCUT2D eigenvalue weighted by Crippen LogP contribution is -2.37. The molecule has 2 aromatic heterocycles. The third kappa shape index (κ3) is 3.43. The number of amides is 1. The molecule has 0 aliphatic rings. The maximum Gasteiger partial charge on any atom is 0.251 e. The van der Waals surface area contributed by atoms with Crippen molar-refractivity contribution in [2.24, 2.45) is 5.41 Å². The first-order valence-electron chi connectivity index (χ1n) is 7.71. The van der Waals surface area contributed by atoms with Crippen molar-refractivity contribution in [1.82, 2.24) is 20.5 Å². The lowest BCUT2D eigenvalue weighted by Gasteiger charge is -2.31. The van der Waals surface area contributed by atoms with Gasteiger partial charge >= 0.3 is 0 Å². The molecular formula is C18H19IN4O. The number of carbonyl (C=O) groups is 1. The average molecular weight is 434 g/mol. The highest BCUT2D eigenvalue weighted by Crippen LogP contribution is 2.32. The van der Waals surface area contributed by atoms with Gasteiger partial charge in [-0.25, -0.2) is 0 Å². The molecule has 1 atom stereocenters. The molecule has 3 rings (SSSR count). The fourth-order valence-corrected chi connectivity index (χ4v) is 3.17. The largest absolute Gasteiger partial charge is 0.343 e. The molecule has 0 radical (unpaired) electrons. The smallest absolute Gasteiger partial charge is 0.251 e. The number of aromatic nitrogens is 3. The summed E-state index contributed by atoms with van der Waals surface area (Å²) in [5.41, 5.74) is 2.18. The summed E-state index contributed by atoms with van der Waals surface area (Å²) in [6.45, 7) is 6.28. The molecule has 1 unspecified atom stereocenters. The maximum absolute atomic E-state index is 12.8. The summed E-state index contributed by atoms with van der Waals surface area (Å²) in [6.07, 6.45) is 1.75. The Hall–Kier alpha value is -1.96. The summed E-state index contributed by atoms with van der Waals surface area (Å²) >= 11 is 2.18. The van der Waals surface area contributed by atoms with Crippen LogP contribution in [-0.2, 0) is 0 Å². The summed E-state index contributed by atoms with van der Waals surface area (Å²) in [4.78, 5) is 17.2. The molecule has 3 aromatic rings. The highest BCUT2D eigenvalue weighted by molar-refractivity contribution is 14.1. The third-order valence-corrected chi connectivity index (χ3v) is 4.72. The van der Waals surface area contributed by atoms with Crippen molar-refractivity contribution in [2.75, 3.05) is 0 Å². The lowest BCUT2D eigenvalue weighted by molar-refractivity contribution is 0.0900. The third-order valence-electron chi connectivity index (χ3n) is 3.89. The van der Waals surface area contributed by atoms with E-state index in [2.05, 4.69) is 63.9 Å². The van der Waals surface area contributed by atoms with E-state index in [-0.39, 0.29) is 17.4 Å². The van der Waals surface area contributed by atoms with Gasteiger partial charge in [-0.2, -0.15) is 5.10 Å². The van der Waals surface area contributed by atoms with Crippen LogP contribution in [0.25, 0.3) is 10.9 Å². The van der Waals surface area contributed by atoms with Crippen LogP contribution < -0.4 is 5.32 Å². The molecule has 1 aromatic carbocycles. The quantitative estimate of drug-likeness (QED) is 0.611. The SMILES string of the molecule is CC(C)(C)C(NC(=O)c1ccc2n[nH]c(I)c2c1)c1ccccn1. The summed E-state index contributed by atoms with van der Waals surface area (Å²) in [7, 11) is 0. The zero-order valence-electron chi connectivity index (χ0n) is 13.8. The van der Waals surface area contributed by atoms with Gasteiger partial charge in [-0.3, -0.25) is 14.9 Å². The van der Waals surface area contributed by atoms with Gasteiger partial charge in [0.05, 0.1) is 17.3 Å². The van der Waals surface area contributed by atoms with Gasteiger partial charge in [0, 0.05) is 17.1 Å². The van der Waals surface area contributed by atoms with Crippen molar-refractivity contribution >= 4 is 39.4 Å². The first-order valence-corrected chi connectivity index (χ1v) is 8.79. The molecule has 0 saturated heterocycles. The average Bonchev–Trinajstić information content (AvgIpc) is 2.93. The van der Waals surface area contributed by atoms with E-state index in [9.17, 15) is 4.79 Å². The van der Waals surface area contributed by atoms with Gasteiger partial charge in [-0.15, -0.1) is 0 Å². The fourth-order valence-electron chi connectivity index (χ4n) is 2.62. The number of nitrogens with zero attached hydrogens (tertiary/aromatic N) is 2. The Bertz CT molecular complexity index is 868. The number of fused-ring (bicyclic) bond motifs is 1. The normalized spacial score (nSPS) is 13.0. The van der Waals surface area contributed by atoms with Crippen molar-refractivity contribution in [3.05, 3.63) is 57.6 Å². The number of benzene rings is 1. The highest BCUT2D eigenvalue weighted by atomic mass is 127. The number of rotatable bonds is 3. The molecule has 24 heavy (non-hydrogen) atoms. The number of carbonyl (C=O) groups excluding carboxylic acids is 1. The molecule has 0 fully saturated rings. The van der Waals surface area contributed by atoms with Crippen LogP contribution in [0.1, 0.15) is 42.9 Å². The second-order valence-electron chi connectivity index (χ2n) is 6.80. The number of pyridine rings is 1. The molecule has 2 N–H and O–H groups in total. The van der Waals surface area contributed by atoms with E-state index in [4.69, 9.17) is 0 Å². The number of nitrogens with one attached hydrogen (secondary N) is 2. The van der Waals surface area contributed by atoms with E-state index in [1.807, 2.05) is 30.3 Å². The van der Waals surface area contributed by atoms with E-state index in [1.165, 1.54) is 0 Å². The second-order valence-corrected chi connectivity index (χ2v) is 7.88. The molecule has 1 amide bonds. The van der Waals surface area contributed by atoms with Crippen LogP contribution in [0.15, 0.2) is 42.6 Å². The van der Waals surface area contributed by atoms with Crippen LogP contribution >= 0.6 is 22.6 Å². The first-order chi connectivity index (χ1) is 11.4. The predicted molar refractivity (Wildman–Crippen MR) is 103 cm³/mol. The minimum Gasteiger partial charge on any atom is -0.343 e. The number of H-pyrrole nitrogens is 1. The Morgan fingerprint density at radius 2 is 2.04 bits per heavy atom. The maximum atomic E-state index is 12.8. The first kappa shape index (κ1) is 16.9. The van der Waals surface area contributed by atoms with Crippen LogP contribution in [-0.4, -0.2) is 21.1 Å². The zero-order chi connectivity index (χ0) is 17.3. The van der Waals surface area contributed by atoms with Gasteiger partial charge in [0.1, 0.15) is 3.70 Å². The Balaban J connectivity index is 1.91. The standard InChI is InChI=1S/C18H19IN4O/c1-18(2,3)15(14-6-4-5-9-20-14)21-17(24)11-7-8-13-12(10-11)16(19)23-22-13/h4-10,15H,1-3H3,(H,21,24)(H,22,23). The molecule has 5 nitrogen and oxygen atoms in total. The monoisotopic (exact) mass is 434 g/mol. The Kier molecular flexibility index (Phi) is 4.58. The van der Waals surface area contributed by atoms with Gasteiger partial charge in [0.2, 0.25) is 0 Å². The Morgan fingerprint density at radius 1 is 1.25 bits per heavy atom. The van der Waals surface area contributed by atoms with Gasteiger partial charge in [0.15, 0.2) is 0 Å². The minimum atomic E-state index is -0.176. The van der Waals surface area contributed by atoms with Crippen LogP contribution in [0.2, 0.25) is 0 Å². The van der Waals surface area contributed by atoms with E-state index >= 15 is 0 Å². The van der Waals surface area contributed by atoms with Crippen LogP contribution in [0.3, 0.4) is 0 Å². The van der Waals surface area contributed by atoms with Gasteiger partial charge in [-0.05, 0) is 58.3 Å². The van der Waals surface area contributed by atoms with Crippen molar-refractivity contribution in [3.63, 3.8) is 0 Å². The van der Waals surface area contributed by atoms with Crippen molar-refractivity contribution in [2.45, 2.75) is 26.8 Å². The van der Waals surface area contributed by atoms with Gasteiger partial charge in [0.25, 0.3) is 5.91 Å². The molecule has 0 bridgehead atoms. The van der Waals surface area contributed by atoms with Crippen LogP contribution in [0.5, 0.6) is 0 Å². The molecule has 0 spiro atoms. The van der Waals surface area contributed by atoms with Crippen molar-refractivity contribution < 1.29 is 4.79 Å². The number of hydrogen-bond acceptors (Lipinski definition) is 3. The van der Waals surface area contributed by atoms with E-state index in [0.29, 0.717) is 5.56 Å². The molecule has 6 heteroatoms. The minimum absolute atomic E-state index is 0.112. The highest BCUT2D eigenvalue weighted by Gasteiger charge is 2.29. The van der Waals surface area contributed by atoms with Gasteiger partial charge < -0.3 is 5.32 Å². The van der Waals surface area contributed by atoms with Crippen LogP contribution in [0.4, 0.5) is 0 Å². The Morgan fingerprint density at radius 3 is 2.71 bits per heavy atom. The fraction of sp³-hybridized carbons (Fsp3) is 0.278. The van der Waals surface area contributed by atoms with E-state index < -0.39 is 0 Å². The molecular weight excluding hydrogens is 415 g/mol. The molecule has 0 saturated carbocycles.